The van der Waals surface area contributed by atoms with Gasteiger partial charge in [-0.15, -0.1) is 0 Å². The Labute approximate surface area is 146 Å². The summed E-state index contributed by atoms with van der Waals surface area (Å²) in [6.45, 7) is 7.90. The number of hydrogen-bond acceptors (Lipinski definition) is 7. The lowest BCUT2D eigenvalue weighted by Crippen LogP contribution is -2.44. The third kappa shape index (κ3) is 3.12. The highest BCUT2D eigenvalue weighted by atomic mass is 16.6. The van der Waals surface area contributed by atoms with Gasteiger partial charge in [-0.2, -0.15) is 0 Å². The van der Waals surface area contributed by atoms with Crippen molar-refractivity contribution in [1.82, 2.24) is 4.90 Å². The second kappa shape index (κ2) is 6.55. The van der Waals surface area contributed by atoms with Gasteiger partial charge in [0.05, 0.1) is 18.8 Å². The van der Waals surface area contributed by atoms with E-state index in [4.69, 9.17) is 9.47 Å². The normalized spacial score (nSPS) is 41.8. The van der Waals surface area contributed by atoms with Crippen molar-refractivity contribution in [3.63, 3.8) is 0 Å². The molecule has 3 rings (SSSR count). The first-order chi connectivity index (χ1) is 11.8. The van der Waals surface area contributed by atoms with Crippen molar-refractivity contribution in [3.05, 3.63) is 23.8 Å². The first-order valence-electron chi connectivity index (χ1n) is 8.61. The third-order valence-corrected chi connectivity index (χ3v) is 5.62. The lowest BCUT2D eigenvalue weighted by atomic mass is 9.90. The molecule has 3 saturated heterocycles. The predicted octanol–water partition coefficient (Wildman–Crippen LogP) is 0.164. The van der Waals surface area contributed by atoms with Crippen molar-refractivity contribution in [1.29, 1.82) is 0 Å². The number of carbonyl (C=O) groups excluding carboxylic acids is 2. The molecule has 0 radical (unpaired) electrons. The minimum absolute atomic E-state index is 0.0323. The molecule has 7 heteroatoms. The number of nitrogens with zero attached hydrogens (tertiary/aromatic N) is 1. The van der Waals surface area contributed by atoms with Crippen molar-refractivity contribution >= 4 is 11.9 Å². The maximum Gasteiger partial charge on any atom is 0.342 e. The Morgan fingerprint density at radius 2 is 2.12 bits per heavy atom. The first-order valence-corrected chi connectivity index (χ1v) is 8.61. The first kappa shape index (κ1) is 18.1. The molecule has 0 aliphatic carbocycles. The molecule has 7 nitrogen and oxygen atoms in total. The standard InChI is InChI=1S/C18H25NO6/c1-4-11-7-10(2)18(3,23)17(22)24-9-12-13(20)8-19-6-5-14(15(12)19)25-16(11)21/h4,12-15,20,23H,2,5-9H2,1,3H3/b11-4+/t12-,13+,14+,15+,18+/m0/s1. The second-order valence-corrected chi connectivity index (χ2v) is 7.21. The lowest BCUT2D eigenvalue weighted by Gasteiger charge is -2.30. The summed E-state index contributed by atoms with van der Waals surface area (Å²) in [6, 6.07) is -0.183. The number of aliphatic hydroxyl groups excluding tert-OH is 1. The summed E-state index contributed by atoms with van der Waals surface area (Å²) < 4.78 is 11.0. The van der Waals surface area contributed by atoms with Crippen LogP contribution >= 0.6 is 0 Å². The van der Waals surface area contributed by atoms with E-state index >= 15 is 0 Å². The van der Waals surface area contributed by atoms with Crippen molar-refractivity contribution in [3.8, 4) is 0 Å². The fourth-order valence-electron chi connectivity index (χ4n) is 3.91. The van der Waals surface area contributed by atoms with Crippen LogP contribution < -0.4 is 0 Å². The van der Waals surface area contributed by atoms with Crippen LogP contribution in [-0.2, 0) is 19.1 Å². The molecule has 138 valence electrons. The SMILES string of the molecule is C=C1C/C(=C\C)C(=O)O[C@@H]2CCN3C[C@@H](O)[C@H](COC(=O)[C@]1(C)O)[C@H]23. The summed E-state index contributed by atoms with van der Waals surface area (Å²) in [5, 5.41) is 20.8. The molecule has 0 saturated carbocycles. The van der Waals surface area contributed by atoms with E-state index in [0.29, 0.717) is 18.5 Å². The monoisotopic (exact) mass is 351 g/mol. The molecular formula is C18H25NO6. The molecule has 0 unspecified atom stereocenters. The molecule has 0 aromatic carbocycles. The number of cyclic esters (lactones) is 1. The number of rotatable bonds is 0. The van der Waals surface area contributed by atoms with Gasteiger partial charge in [0.1, 0.15) is 6.10 Å². The van der Waals surface area contributed by atoms with Gasteiger partial charge in [0, 0.05) is 31.0 Å². The number of hydrogen-bond donors (Lipinski definition) is 2. The molecule has 2 N–H and O–H groups in total. The Morgan fingerprint density at radius 3 is 2.80 bits per heavy atom. The van der Waals surface area contributed by atoms with Crippen LogP contribution in [0, 0.1) is 5.92 Å². The van der Waals surface area contributed by atoms with Crippen LogP contribution in [0.25, 0.3) is 0 Å². The molecule has 5 atom stereocenters. The van der Waals surface area contributed by atoms with Gasteiger partial charge in [-0.25, -0.2) is 9.59 Å². The van der Waals surface area contributed by atoms with Crippen LogP contribution in [0.15, 0.2) is 23.8 Å². The minimum Gasteiger partial charge on any atom is -0.463 e. The van der Waals surface area contributed by atoms with E-state index in [0.717, 1.165) is 6.54 Å². The molecule has 25 heavy (non-hydrogen) atoms. The van der Waals surface area contributed by atoms with E-state index in [1.165, 1.54) is 6.92 Å². The highest BCUT2D eigenvalue weighted by Gasteiger charge is 2.51. The van der Waals surface area contributed by atoms with Crippen LogP contribution in [0.3, 0.4) is 0 Å². The Kier molecular flexibility index (Phi) is 4.74. The molecule has 0 aromatic rings. The van der Waals surface area contributed by atoms with E-state index in [2.05, 4.69) is 11.5 Å². The van der Waals surface area contributed by atoms with Crippen LogP contribution in [0.4, 0.5) is 0 Å². The molecular weight excluding hydrogens is 326 g/mol. The van der Waals surface area contributed by atoms with E-state index in [9.17, 15) is 19.8 Å². The fourth-order valence-corrected chi connectivity index (χ4v) is 3.91. The van der Waals surface area contributed by atoms with E-state index < -0.39 is 23.6 Å². The zero-order valence-corrected chi connectivity index (χ0v) is 14.6. The molecule has 3 aliphatic rings. The van der Waals surface area contributed by atoms with Gasteiger partial charge >= 0.3 is 11.9 Å². The summed E-state index contributed by atoms with van der Waals surface area (Å²) in [7, 11) is 0. The molecule has 3 fully saturated rings. The molecule has 0 bridgehead atoms. The Morgan fingerprint density at radius 1 is 1.40 bits per heavy atom. The number of aliphatic hydroxyl groups is 2. The molecule has 3 heterocycles. The molecule has 0 spiro atoms. The molecule has 0 aromatic heterocycles. The van der Waals surface area contributed by atoms with Crippen molar-refractivity contribution in [2.75, 3.05) is 19.7 Å². The van der Waals surface area contributed by atoms with Gasteiger partial charge < -0.3 is 19.7 Å². The van der Waals surface area contributed by atoms with Gasteiger partial charge in [0.25, 0.3) is 0 Å². The number of allylic oxidation sites excluding steroid dienone is 1. The minimum atomic E-state index is -1.91. The summed E-state index contributed by atoms with van der Waals surface area (Å²) in [4.78, 5) is 27.0. The summed E-state index contributed by atoms with van der Waals surface area (Å²) in [6.07, 6.45) is 1.30. The average molecular weight is 351 g/mol. The van der Waals surface area contributed by atoms with Crippen LogP contribution in [0.1, 0.15) is 26.7 Å². The van der Waals surface area contributed by atoms with Gasteiger partial charge in [0.15, 0.2) is 5.60 Å². The Bertz CT molecular complexity index is 625. The van der Waals surface area contributed by atoms with Gasteiger partial charge in [-0.3, -0.25) is 4.90 Å². The maximum atomic E-state index is 12.5. The number of esters is 2. The van der Waals surface area contributed by atoms with Gasteiger partial charge in [-0.05, 0) is 25.8 Å². The Balaban J connectivity index is 1.93. The van der Waals surface area contributed by atoms with Crippen molar-refractivity contribution in [2.45, 2.75) is 50.5 Å². The number of carbonyl (C=O) groups is 2. The number of ether oxygens (including phenoxy) is 2. The average Bonchev–Trinajstić information content (AvgIpc) is 3.08. The predicted molar refractivity (Wildman–Crippen MR) is 88.5 cm³/mol. The summed E-state index contributed by atoms with van der Waals surface area (Å²) in [5.74, 6) is -1.65. The highest BCUT2D eigenvalue weighted by molar-refractivity contribution is 5.90. The van der Waals surface area contributed by atoms with Gasteiger partial charge in [0.2, 0.25) is 0 Å². The zero-order valence-electron chi connectivity index (χ0n) is 14.6. The largest absolute Gasteiger partial charge is 0.463 e. The maximum absolute atomic E-state index is 12.5. The molecule has 0 amide bonds. The van der Waals surface area contributed by atoms with Gasteiger partial charge in [-0.1, -0.05) is 12.7 Å². The molecule has 3 aliphatic heterocycles. The van der Waals surface area contributed by atoms with Crippen molar-refractivity contribution < 1.29 is 29.3 Å². The highest BCUT2D eigenvalue weighted by Crippen LogP contribution is 2.37. The summed E-state index contributed by atoms with van der Waals surface area (Å²) in [5.41, 5.74) is -1.40. The lowest BCUT2D eigenvalue weighted by molar-refractivity contribution is -0.164. The zero-order chi connectivity index (χ0) is 18.4. The topological polar surface area (TPSA) is 96.3 Å². The van der Waals surface area contributed by atoms with E-state index in [-0.39, 0.29) is 36.7 Å². The second-order valence-electron chi connectivity index (χ2n) is 7.21. The van der Waals surface area contributed by atoms with Crippen LogP contribution in [-0.4, -0.2) is 70.6 Å². The van der Waals surface area contributed by atoms with E-state index in [1.807, 2.05) is 0 Å². The smallest absolute Gasteiger partial charge is 0.342 e. The van der Waals surface area contributed by atoms with Crippen molar-refractivity contribution in [2.24, 2.45) is 5.92 Å². The summed E-state index contributed by atoms with van der Waals surface area (Å²) >= 11 is 0. The van der Waals surface area contributed by atoms with E-state index in [1.54, 1.807) is 13.0 Å². The fraction of sp³-hybridized carbons (Fsp3) is 0.667. The quantitative estimate of drug-likeness (QED) is 0.365. The third-order valence-electron chi connectivity index (χ3n) is 5.62. The van der Waals surface area contributed by atoms with Crippen LogP contribution in [0.5, 0.6) is 0 Å². The Hall–Kier alpha value is -1.70. The van der Waals surface area contributed by atoms with Crippen LogP contribution in [0.2, 0.25) is 0 Å².